The molecule has 0 atom stereocenters. The van der Waals surface area contributed by atoms with Crippen LogP contribution in [0, 0.1) is 28.6 Å². The van der Waals surface area contributed by atoms with E-state index in [1.54, 1.807) is 6.92 Å². The number of nitriles is 1. The smallest absolute Gasteiger partial charge is 0.458 e. The van der Waals surface area contributed by atoms with E-state index in [9.17, 15) is 13.2 Å². The van der Waals surface area contributed by atoms with Gasteiger partial charge in [0.15, 0.2) is 0 Å². The lowest BCUT2D eigenvalue weighted by Gasteiger charge is -1.77. The molecule has 0 spiro atoms. The maximum Gasteiger partial charge on any atom is 0.487 e. The summed E-state index contributed by atoms with van der Waals surface area (Å²) in [6.45, 7) is 3.83. The zero-order valence-corrected chi connectivity index (χ0v) is 7.00. The Morgan fingerprint density at radius 2 is 1.79 bits per heavy atom. The van der Waals surface area contributed by atoms with Gasteiger partial charge in [-0.3, -0.25) is 10.1 Å². The molecule has 2 radical (unpaired) electrons. The average molecular weight is 216 g/mol. The first kappa shape index (κ1) is 22.7. The van der Waals surface area contributed by atoms with Gasteiger partial charge < -0.3 is 4.74 Å². The number of halogens is 3. The van der Waals surface area contributed by atoms with Crippen molar-refractivity contribution in [1.29, 1.82) is 5.26 Å². The molecule has 9 heteroatoms. The van der Waals surface area contributed by atoms with Crippen molar-refractivity contribution in [3.05, 3.63) is 16.8 Å². The van der Waals surface area contributed by atoms with Crippen LogP contribution in [0.15, 0.2) is 0 Å². The minimum Gasteiger partial charge on any atom is -0.458 e. The van der Waals surface area contributed by atoms with E-state index in [1.807, 2.05) is 0 Å². The third-order valence-corrected chi connectivity index (χ3v) is 0.203. The van der Waals surface area contributed by atoms with Gasteiger partial charge in [0.05, 0.1) is 6.61 Å². The lowest BCUT2D eigenvalue weighted by molar-refractivity contribution is -0.398. The normalized spacial score (nSPS) is 5.93. The van der Waals surface area contributed by atoms with Crippen LogP contribution >= 0.6 is 0 Å². The van der Waals surface area contributed by atoms with Gasteiger partial charge in [0.25, 0.3) is 0 Å². The molecule has 6 nitrogen and oxygen atoms in total. The maximum atomic E-state index is 9.58. The first-order chi connectivity index (χ1) is 6.56. The minimum atomic E-state index is -3.08. The highest BCUT2D eigenvalue weighted by atomic mass is 19.4. The quantitative estimate of drug-likeness (QED) is 0.512. The molecular weight excluding hydrogens is 209 g/mol. The summed E-state index contributed by atoms with van der Waals surface area (Å²) in [7, 11) is 0. The van der Waals surface area contributed by atoms with Crippen molar-refractivity contribution in [3.63, 3.8) is 0 Å². The van der Waals surface area contributed by atoms with Crippen LogP contribution < -0.4 is 5.34 Å². The summed E-state index contributed by atoms with van der Waals surface area (Å²) >= 11 is 0. The molecule has 0 aromatic heterocycles. The number of hydrogen-bond donors (Lipinski definition) is 1. The van der Waals surface area contributed by atoms with Crippen LogP contribution in [-0.2, 0) is 9.53 Å². The molecule has 0 unspecified atom stereocenters. The highest BCUT2D eigenvalue weighted by Crippen LogP contribution is 1.99. The molecule has 0 aromatic carbocycles. The third-order valence-electron chi connectivity index (χ3n) is 0.203. The van der Waals surface area contributed by atoms with Crippen LogP contribution in [0.4, 0.5) is 13.2 Å². The molecule has 0 bridgehead atoms. The molecule has 0 rings (SSSR count). The summed E-state index contributed by atoms with van der Waals surface area (Å²) in [6, 6.07) is 0. The van der Waals surface area contributed by atoms with Crippen LogP contribution in [0.2, 0.25) is 0 Å². The van der Waals surface area contributed by atoms with Gasteiger partial charge in [0.1, 0.15) is 0 Å². The SMILES string of the molecule is C#N.CCO[C]=O.F[C](F)F.O=[NH+][O-]. The number of nitrogens with one attached hydrogen (secondary N) is 1. The number of carbonyl (C=O) groups excluding carboxylic acids is 1. The van der Waals surface area contributed by atoms with Crippen LogP contribution in [0.5, 0.6) is 0 Å². The van der Waals surface area contributed by atoms with Crippen molar-refractivity contribution >= 4 is 6.47 Å². The lowest BCUT2D eigenvalue weighted by Crippen LogP contribution is -2.53. The number of hydrogen-bond acceptors (Lipinski definition) is 5. The fraction of sp³-hybridized carbons (Fsp3) is 0.400. The molecule has 0 amide bonds. The van der Waals surface area contributed by atoms with E-state index in [4.69, 9.17) is 20.2 Å². The molecular formula is C5H7F3N2O4. The standard InChI is InChI=1S/C3H5O2.CF3.CHN.HNO2/c1-2-5-3-4;2-1(3)4;1-2;2-1-3/h2H2,1H3;;1H;1H. The van der Waals surface area contributed by atoms with Gasteiger partial charge in [-0.05, 0) is 6.92 Å². The molecule has 0 saturated heterocycles. The molecule has 0 aliphatic rings. The van der Waals surface area contributed by atoms with Crippen molar-refractivity contribution in [2.24, 2.45) is 0 Å². The van der Waals surface area contributed by atoms with Crippen molar-refractivity contribution in [2.45, 2.75) is 6.92 Å². The van der Waals surface area contributed by atoms with Gasteiger partial charge in [-0.2, -0.15) is 13.2 Å². The molecule has 0 fully saturated rings. The zero-order chi connectivity index (χ0) is 12.4. The topological polar surface area (TPSA) is 104 Å². The lowest BCUT2D eigenvalue weighted by atomic mass is 10.9. The van der Waals surface area contributed by atoms with E-state index in [1.165, 1.54) is 6.47 Å². The summed E-state index contributed by atoms with van der Waals surface area (Å²) < 4.78 is 32.8. The monoisotopic (exact) mass is 216 g/mol. The fourth-order valence-corrected chi connectivity index (χ4v) is 0.0589. The predicted octanol–water partition coefficient (Wildman–Crippen LogP) is -0.0970. The molecule has 1 N–H and O–H groups in total. The van der Waals surface area contributed by atoms with E-state index < -0.39 is 6.68 Å². The summed E-state index contributed by atoms with van der Waals surface area (Å²) in [5.41, 5.74) is 0. The Morgan fingerprint density at radius 1 is 1.57 bits per heavy atom. The van der Waals surface area contributed by atoms with E-state index >= 15 is 0 Å². The Hall–Kier alpha value is -1.85. The molecule has 0 heterocycles. The summed E-state index contributed by atoms with van der Waals surface area (Å²) in [5, 5.41) is 14.9. The second-order valence-corrected chi connectivity index (χ2v) is 0.814. The van der Waals surface area contributed by atoms with Crippen molar-refractivity contribution < 1.29 is 28.0 Å². The number of ether oxygens (including phenoxy) is 1. The second-order valence-electron chi connectivity index (χ2n) is 0.814. The van der Waals surface area contributed by atoms with Crippen LogP contribution in [0.3, 0.4) is 0 Å². The Kier molecular flexibility index (Phi) is 70.4. The Labute approximate surface area is 77.8 Å². The van der Waals surface area contributed by atoms with E-state index in [0.29, 0.717) is 6.61 Å². The predicted molar refractivity (Wildman–Crippen MR) is 38.3 cm³/mol. The van der Waals surface area contributed by atoms with Gasteiger partial charge in [-0.1, -0.05) is 0 Å². The van der Waals surface area contributed by atoms with Crippen molar-refractivity contribution in [2.75, 3.05) is 6.61 Å². The molecule has 82 valence electrons. The first-order valence-electron chi connectivity index (χ1n) is 2.64. The summed E-state index contributed by atoms with van der Waals surface area (Å²) in [6.07, 6.45) is 0. The second kappa shape index (κ2) is 43.3. The van der Waals surface area contributed by atoms with Crippen molar-refractivity contribution in [3.8, 4) is 6.57 Å². The van der Waals surface area contributed by atoms with Gasteiger partial charge in [-0.15, -0.1) is 0 Å². The van der Waals surface area contributed by atoms with Gasteiger partial charge in [0.2, 0.25) is 0 Å². The fourth-order valence-electron chi connectivity index (χ4n) is 0.0589. The summed E-state index contributed by atoms with van der Waals surface area (Å²) in [5.74, 6) is 0. The van der Waals surface area contributed by atoms with Crippen LogP contribution in [-0.4, -0.2) is 13.1 Å². The highest BCUT2D eigenvalue weighted by Gasteiger charge is 1.93. The molecule has 0 aromatic rings. The molecule has 0 saturated carbocycles. The number of rotatable bonds is 2. The van der Waals surface area contributed by atoms with Gasteiger partial charge in [-0.25, -0.2) is 10.1 Å². The molecule has 0 aliphatic heterocycles. The van der Waals surface area contributed by atoms with Gasteiger partial charge in [0, 0.05) is 11.9 Å². The Bertz CT molecular complexity index is 120. The molecule has 0 aliphatic carbocycles. The van der Waals surface area contributed by atoms with Crippen LogP contribution in [0.25, 0.3) is 0 Å². The van der Waals surface area contributed by atoms with E-state index in [2.05, 4.69) is 11.3 Å². The largest absolute Gasteiger partial charge is 0.487 e. The van der Waals surface area contributed by atoms with Crippen LogP contribution in [0.1, 0.15) is 6.92 Å². The third kappa shape index (κ3) is 37800. The van der Waals surface area contributed by atoms with Gasteiger partial charge >= 0.3 is 13.2 Å². The molecule has 14 heavy (non-hydrogen) atoms. The van der Waals surface area contributed by atoms with E-state index in [0.717, 1.165) is 0 Å². The Morgan fingerprint density at radius 3 is 1.79 bits per heavy atom. The zero-order valence-electron chi connectivity index (χ0n) is 7.00. The first-order valence-corrected chi connectivity index (χ1v) is 2.64. The maximum absolute atomic E-state index is 9.58. The summed E-state index contributed by atoms with van der Waals surface area (Å²) in [4.78, 5) is 17.2. The Balaban J connectivity index is -0.0000000505. The highest BCUT2D eigenvalue weighted by molar-refractivity contribution is 5.37. The number of nitrogens with zero attached hydrogens (tertiary/aromatic N) is 1. The minimum absolute atomic E-state index is 0.250. The average Bonchev–Trinajstić information content (AvgIpc) is 2.09. The van der Waals surface area contributed by atoms with Crippen molar-refractivity contribution in [1.82, 2.24) is 0 Å². The van der Waals surface area contributed by atoms with E-state index in [-0.39, 0.29) is 5.34 Å².